The molecule has 1 aliphatic carbocycles. The second-order valence-electron chi connectivity index (χ2n) is 5.44. The van der Waals surface area contributed by atoms with Crippen molar-refractivity contribution in [3.8, 4) is 0 Å². The van der Waals surface area contributed by atoms with Crippen molar-refractivity contribution < 1.29 is 0 Å². The first kappa shape index (κ1) is 13.1. The molecule has 1 saturated carbocycles. The van der Waals surface area contributed by atoms with Crippen LogP contribution >= 0.6 is 22.7 Å². The van der Waals surface area contributed by atoms with Crippen molar-refractivity contribution in [1.82, 2.24) is 24.8 Å². The lowest BCUT2D eigenvalue weighted by Gasteiger charge is -2.18. The van der Waals surface area contributed by atoms with Gasteiger partial charge in [-0.2, -0.15) is 9.61 Å². The molecule has 0 amide bonds. The van der Waals surface area contributed by atoms with Crippen LogP contribution < -0.4 is 5.73 Å². The quantitative estimate of drug-likeness (QED) is 0.802. The van der Waals surface area contributed by atoms with E-state index in [0.717, 1.165) is 21.5 Å². The van der Waals surface area contributed by atoms with E-state index in [0.29, 0.717) is 17.5 Å². The summed E-state index contributed by atoms with van der Waals surface area (Å²) in [6, 6.07) is 0. The number of nitrogens with two attached hydrogens (primary N) is 1. The molecule has 0 unspecified atom stereocenters. The Labute approximate surface area is 130 Å². The van der Waals surface area contributed by atoms with E-state index in [1.807, 2.05) is 9.90 Å². The van der Waals surface area contributed by atoms with Crippen molar-refractivity contribution in [2.75, 3.05) is 5.73 Å². The summed E-state index contributed by atoms with van der Waals surface area (Å²) in [5.41, 5.74) is 6.65. The number of hydrogen-bond donors (Lipinski definition) is 1. The van der Waals surface area contributed by atoms with Crippen LogP contribution in [-0.2, 0) is 6.42 Å². The van der Waals surface area contributed by atoms with Gasteiger partial charge in [0.25, 0.3) is 0 Å². The van der Waals surface area contributed by atoms with E-state index < -0.39 is 0 Å². The molecule has 1 aliphatic rings. The van der Waals surface area contributed by atoms with Crippen molar-refractivity contribution >= 4 is 32.8 Å². The van der Waals surface area contributed by atoms with Gasteiger partial charge in [0, 0.05) is 17.7 Å². The van der Waals surface area contributed by atoms with Gasteiger partial charge in [-0.3, -0.25) is 0 Å². The highest BCUT2D eigenvalue weighted by atomic mass is 32.1. The van der Waals surface area contributed by atoms with Crippen LogP contribution in [0.25, 0.3) is 4.96 Å². The van der Waals surface area contributed by atoms with Gasteiger partial charge in [0.05, 0.1) is 5.69 Å². The lowest BCUT2D eigenvalue weighted by molar-refractivity contribution is 0.423. The van der Waals surface area contributed by atoms with Gasteiger partial charge in [0.2, 0.25) is 4.96 Å². The number of nitrogen functional groups attached to an aromatic ring is 1. The normalized spacial score (nSPS) is 16.8. The van der Waals surface area contributed by atoms with E-state index in [4.69, 9.17) is 5.73 Å². The fourth-order valence-electron chi connectivity index (χ4n) is 2.92. The number of rotatable bonds is 3. The Morgan fingerprint density at radius 3 is 2.86 bits per heavy atom. The lowest BCUT2D eigenvalue weighted by atomic mass is 9.89. The summed E-state index contributed by atoms with van der Waals surface area (Å²) < 4.78 is 1.94. The molecule has 8 heteroatoms. The predicted molar refractivity (Wildman–Crippen MR) is 83.8 cm³/mol. The topological polar surface area (TPSA) is 82.0 Å². The summed E-state index contributed by atoms with van der Waals surface area (Å²) in [5, 5.41) is 16.9. The Kier molecular flexibility index (Phi) is 3.34. The number of fused-ring (bicyclic) bond motifs is 1. The first-order chi connectivity index (χ1) is 10.3. The van der Waals surface area contributed by atoms with Crippen LogP contribution in [0, 0.1) is 0 Å². The molecule has 0 spiro atoms. The predicted octanol–water partition coefficient (Wildman–Crippen LogP) is 2.86. The third-order valence-corrected chi connectivity index (χ3v) is 5.55. The standard InChI is InChI=1S/C13H16N6S2/c14-12-15-9(7-20-12)6-10-18-19-11(16-17-13(19)21-10)8-4-2-1-3-5-8/h7-8H,1-6H2,(H2,14,15). The Hall–Kier alpha value is -1.54. The summed E-state index contributed by atoms with van der Waals surface area (Å²) in [6.07, 6.45) is 7.04. The van der Waals surface area contributed by atoms with E-state index in [2.05, 4.69) is 20.3 Å². The van der Waals surface area contributed by atoms with E-state index in [1.165, 1.54) is 43.4 Å². The van der Waals surface area contributed by atoms with Gasteiger partial charge in [-0.25, -0.2) is 4.98 Å². The monoisotopic (exact) mass is 320 g/mol. The molecule has 3 aromatic heterocycles. The van der Waals surface area contributed by atoms with E-state index >= 15 is 0 Å². The number of nitrogens with zero attached hydrogens (tertiary/aromatic N) is 5. The molecule has 0 radical (unpaired) electrons. The maximum absolute atomic E-state index is 5.67. The van der Waals surface area contributed by atoms with Crippen molar-refractivity contribution in [2.24, 2.45) is 0 Å². The first-order valence-electron chi connectivity index (χ1n) is 7.20. The second-order valence-corrected chi connectivity index (χ2v) is 7.37. The van der Waals surface area contributed by atoms with E-state index in [-0.39, 0.29) is 0 Å². The zero-order chi connectivity index (χ0) is 14.2. The number of aromatic nitrogens is 5. The molecule has 110 valence electrons. The minimum absolute atomic E-state index is 0.513. The zero-order valence-corrected chi connectivity index (χ0v) is 13.2. The summed E-state index contributed by atoms with van der Waals surface area (Å²) in [5.74, 6) is 1.55. The Morgan fingerprint density at radius 2 is 2.10 bits per heavy atom. The Balaban J connectivity index is 1.62. The molecule has 1 fully saturated rings. The van der Waals surface area contributed by atoms with Gasteiger partial charge in [0.15, 0.2) is 11.0 Å². The molecular weight excluding hydrogens is 304 g/mol. The molecule has 21 heavy (non-hydrogen) atoms. The Morgan fingerprint density at radius 1 is 1.24 bits per heavy atom. The van der Waals surface area contributed by atoms with Crippen LogP contribution in [-0.4, -0.2) is 24.8 Å². The van der Waals surface area contributed by atoms with Gasteiger partial charge >= 0.3 is 0 Å². The van der Waals surface area contributed by atoms with Gasteiger partial charge in [-0.15, -0.1) is 21.5 Å². The van der Waals surface area contributed by atoms with Gasteiger partial charge in [-0.1, -0.05) is 30.6 Å². The minimum atomic E-state index is 0.513. The molecule has 0 bridgehead atoms. The molecule has 3 aromatic rings. The molecule has 6 nitrogen and oxygen atoms in total. The molecule has 0 aliphatic heterocycles. The molecular formula is C13H16N6S2. The third kappa shape index (κ3) is 2.53. The molecule has 0 saturated heterocycles. The van der Waals surface area contributed by atoms with Crippen molar-refractivity contribution in [2.45, 2.75) is 44.4 Å². The molecule has 0 atom stereocenters. The highest BCUT2D eigenvalue weighted by Gasteiger charge is 2.22. The summed E-state index contributed by atoms with van der Waals surface area (Å²) in [7, 11) is 0. The summed E-state index contributed by atoms with van der Waals surface area (Å²) in [4.78, 5) is 5.17. The van der Waals surface area contributed by atoms with Crippen molar-refractivity contribution in [1.29, 1.82) is 0 Å². The van der Waals surface area contributed by atoms with Crippen molar-refractivity contribution in [3.05, 3.63) is 21.9 Å². The third-order valence-electron chi connectivity index (χ3n) is 3.93. The van der Waals surface area contributed by atoms with Crippen LogP contribution in [0.3, 0.4) is 0 Å². The maximum Gasteiger partial charge on any atom is 0.234 e. The smallest absolute Gasteiger partial charge is 0.234 e. The SMILES string of the molecule is Nc1nc(Cc2nn3c(C4CCCCC4)nnc3s2)cs1. The molecule has 0 aromatic carbocycles. The van der Waals surface area contributed by atoms with Gasteiger partial charge in [-0.05, 0) is 12.8 Å². The molecule has 4 rings (SSSR count). The average Bonchev–Trinajstić information content (AvgIpc) is 3.16. The summed E-state index contributed by atoms with van der Waals surface area (Å²) >= 11 is 3.06. The number of thiazole rings is 1. The highest BCUT2D eigenvalue weighted by molar-refractivity contribution is 7.16. The number of anilines is 1. The first-order valence-corrected chi connectivity index (χ1v) is 8.90. The zero-order valence-electron chi connectivity index (χ0n) is 11.5. The second kappa shape index (κ2) is 5.34. The summed E-state index contributed by atoms with van der Waals surface area (Å²) in [6.45, 7) is 0. The van der Waals surface area contributed by atoms with Gasteiger partial charge < -0.3 is 5.73 Å². The minimum Gasteiger partial charge on any atom is -0.375 e. The molecule has 2 N–H and O–H groups in total. The van der Waals surface area contributed by atoms with Gasteiger partial charge in [0.1, 0.15) is 5.01 Å². The van der Waals surface area contributed by atoms with E-state index in [9.17, 15) is 0 Å². The largest absolute Gasteiger partial charge is 0.375 e. The number of hydrogen-bond acceptors (Lipinski definition) is 7. The lowest BCUT2D eigenvalue weighted by Crippen LogP contribution is -2.09. The van der Waals surface area contributed by atoms with Crippen molar-refractivity contribution in [3.63, 3.8) is 0 Å². The van der Waals surface area contributed by atoms with Crippen LogP contribution in [0.5, 0.6) is 0 Å². The van der Waals surface area contributed by atoms with E-state index in [1.54, 1.807) is 11.3 Å². The maximum atomic E-state index is 5.67. The Bertz CT molecular complexity index is 752. The fourth-order valence-corrected chi connectivity index (χ4v) is 4.34. The van der Waals surface area contributed by atoms with Crippen LogP contribution in [0.15, 0.2) is 5.38 Å². The van der Waals surface area contributed by atoms with Crippen LogP contribution in [0.1, 0.15) is 54.5 Å². The molecule has 3 heterocycles. The average molecular weight is 320 g/mol. The fraction of sp³-hybridized carbons (Fsp3) is 0.538. The van der Waals surface area contributed by atoms with Crippen LogP contribution in [0.2, 0.25) is 0 Å². The highest BCUT2D eigenvalue weighted by Crippen LogP contribution is 2.32. The van der Waals surface area contributed by atoms with Crippen LogP contribution in [0.4, 0.5) is 5.13 Å².